The number of piperidine rings is 1. The van der Waals surface area contributed by atoms with E-state index in [1.807, 2.05) is 6.92 Å². The quantitative estimate of drug-likeness (QED) is 0.803. The zero-order chi connectivity index (χ0) is 15.7. The fourth-order valence-electron chi connectivity index (χ4n) is 2.52. The second-order valence-electron chi connectivity index (χ2n) is 5.56. The molecule has 1 saturated heterocycles. The van der Waals surface area contributed by atoms with Gasteiger partial charge >= 0.3 is 6.18 Å². The van der Waals surface area contributed by atoms with Crippen molar-refractivity contribution in [3.8, 4) is 0 Å². The summed E-state index contributed by atoms with van der Waals surface area (Å²) in [5.74, 6) is -1.08. The van der Waals surface area contributed by atoms with Crippen molar-refractivity contribution in [1.82, 2.24) is 5.32 Å². The highest BCUT2D eigenvalue weighted by atomic mass is 19.4. The molecular weight excluding hydrogens is 283 g/mol. The molecule has 1 fully saturated rings. The Balaban J connectivity index is 2.31. The van der Waals surface area contributed by atoms with Crippen LogP contribution in [0.15, 0.2) is 18.2 Å². The zero-order valence-corrected chi connectivity index (χ0v) is 11.7. The minimum atomic E-state index is -4.61. The molecule has 0 atom stereocenters. The number of primary amides is 1. The summed E-state index contributed by atoms with van der Waals surface area (Å²) >= 11 is 0. The third-order valence-corrected chi connectivity index (χ3v) is 3.74. The molecular formula is C14H18F3N3O. The molecule has 0 bridgehead atoms. The summed E-state index contributed by atoms with van der Waals surface area (Å²) in [5, 5.41) is 6.35. The van der Waals surface area contributed by atoms with Crippen LogP contribution in [0.5, 0.6) is 0 Å². The van der Waals surface area contributed by atoms with E-state index in [-0.39, 0.29) is 5.54 Å². The first-order valence-corrected chi connectivity index (χ1v) is 6.71. The van der Waals surface area contributed by atoms with Crippen LogP contribution in [0, 0.1) is 0 Å². The molecule has 116 valence electrons. The van der Waals surface area contributed by atoms with E-state index in [2.05, 4.69) is 10.6 Å². The van der Waals surface area contributed by atoms with Gasteiger partial charge in [0, 0.05) is 11.2 Å². The number of benzene rings is 1. The Morgan fingerprint density at radius 1 is 1.33 bits per heavy atom. The summed E-state index contributed by atoms with van der Waals surface area (Å²) in [6, 6.07) is 3.54. The van der Waals surface area contributed by atoms with E-state index >= 15 is 0 Å². The highest BCUT2D eigenvalue weighted by Crippen LogP contribution is 2.35. The number of anilines is 1. The van der Waals surface area contributed by atoms with Gasteiger partial charge < -0.3 is 16.4 Å². The number of alkyl halides is 3. The molecule has 1 aliphatic rings. The van der Waals surface area contributed by atoms with Crippen molar-refractivity contribution in [2.24, 2.45) is 5.73 Å². The molecule has 7 heteroatoms. The van der Waals surface area contributed by atoms with Crippen LogP contribution >= 0.6 is 0 Å². The molecule has 4 N–H and O–H groups in total. The van der Waals surface area contributed by atoms with Gasteiger partial charge in [0.05, 0.1) is 11.1 Å². The summed E-state index contributed by atoms with van der Waals surface area (Å²) < 4.78 is 39.1. The first kappa shape index (κ1) is 15.6. The van der Waals surface area contributed by atoms with Crippen LogP contribution in [-0.2, 0) is 6.18 Å². The molecule has 0 unspecified atom stereocenters. The van der Waals surface area contributed by atoms with Gasteiger partial charge in [0.2, 0.25) is 5.91 Å². The zero-order valence-electron chi connectivity index (χ0n) is 11.7. The van der Waals surface area contributed by atoms with Crippen molar-refractivity contribution in [3.05, 3.63) is 29.3 Å². The van der Waals surface area contributed by atoms with Gasteiger partial charge in [0.15, 0.2) is 0 Å². The lowest BCUT2D eigenvalue weighted by Gasteiger charge is -2.36. The summed E-state index contributed by atoms with van der Waals surface area (Å²) in [7, 11) is 0. The van der Waals surface area contributed by atoms with E-state index in [0.29, 0.717) is 5.69 Å². The maximum absolute atomic E-state index is 13.0. The third kappa shape index (κ3) is 3.66. The molecule has 0 aliphatic carbocycles. The molecule has 2 rings (SSSR count). The Morgan fingerprint density at radius 3 is 2.48 bits per heavy atom. The molecule has 0 spiro atoms. The average molecular weight is 301 g/mol. The molecule has 1 heterocycles. The predicted octanol–water partition coefficient (Wildman–Crippen LogP) is 2.36. The molecule has 1 aromatic rings. The smallest absolute Gasteiger partial charge is 0.380 e. The van der Waals surface area contributed by atoms with Crippen LogP contribution in [0.2, 0.25) is 0 Å². The van der Waals surface area contributed by atoms with Crippen molar-refractivity contribution >= 4 is 11.6 Å². The second kappa shape index (κ2) is 5.55. The summed E-state index contributed by atoms with van der Waals surface area (Å²) in [6.45, 7) is 3.60. The minimum absolute atomic E-state index is 0.262. The van der Waals surface area contributed by atoms with Crippen molar-refractivity contribution in [2.45, 2.75) is 31.5 Å². The Labute approximate surface area is 120 Å². The Kier molecular flexibility index (Phi) is 4.13. The number of halogens is 3. The number of hydrogen-bond donors (Lipinski definition) is 3. The highest BCUT2D eigenvalue weighted by Gasteiger charge is 2.35. The first-order valence-electron chi connectivity index (χ1n) is 6.71. The van der Waals surface area contributed by atoms with Crippen molar-refractivity contribution < 1.29 is 18.0 Å². The Morgan fingerprint density at radius 2 is 1.95 bits per heavy atom. The number of rotatable bonds is 3. The van der Waals surface area contributed by atoms with Gasteiger partial charge in [-0.2, -0.15) is 13.2 Å². The van der Waals surface area contributed by atoms with Gasteiger partial charge in [-0.1, -0.05) is 0 Å². The third-order valence-electron chi connectivity index (χ3n) is 3.74. The van der Waals surface area contributed by atoms with Gasteiger partial charge in [-0.25, -0.2) is 0 Å². The number of carbonyl (C=O) groups is 1. The van der Waals surface area contributed by atoms with Crippen LogP contribution in [0.4, 0.5) is 18.9 Å². The SMILES string of the molecule is CC1(Nc2ccc(C(N)=O)c(C(F)(F)F)c2)CCNCC1. The normalized spacial score (nSPS) is 18.3. The van der Waals surface area contributed by atoms with Crippen LogP contribution in [0.3, 0.4) is 0 Å². The van der Waals surface area contributed by atoms with E-state index in [9.17, 15) is 18.0 Å². The largest absolute Gasteiger partial charge is 0.417 e. The molecule has 0 aromatic heterocycles. The summed E-state index contributed by atoms with van der Waals surface area (Å²) in [5.41, 5.74) is 3.57. The van der Waals surface area contributed by atoms with Crippen LogP contribution in [0.1, 0.15) is 35.7 Å². The first-order chi connectivity index (χ1) is 9.71. The lowest BCUT2D eigenvalue weighted by molar-refractivity contribution is -0.137. The fraction of sp³-hybridized carbons (Fsp3) is 0.500. The van der Waals surface area contributed by atoms with Gasteiger partial charge in [-0.05, 0) is 51.1 Å². The molecule has 4 nitrogen and oxygen atoms in total. The molecule has 1 aromatic carbocycles. The monoisotopic (exact) mass is 301 g/mol. The van der Waals surface area contributed by atoms with E-state index in [1.165, 1.54) is 6.07 Å². The van der Waals surface area contributed by atoms with E-state index in [0.717, 1.165) is 38.1 Å². The lowest BCUT2D eigenvalue weighted by Crippen LogP contribution is -2.45. The molecule has 1 aliphatic heterocycles. The molecule has 0 radical (unpaired) electrons. The van der Waals surface area contributed by atoms with Crippen molar-refractivity contribution in [1.29, 1.82) is 0 Å². The molecule has 0 saturated carbocycles. The predicted molar refractivity (Wildman–Crippen MR) is 74.1 cm³/mol. The number of nitrogens with one attached hydrogen (secondary N) is 2. The number of hydrogen-bond acceptors (Lipinski definition) is 3. The van der Waals surface area contributed by atoms with E-state index < -0.39 is 23.2 Å². The number of amides is 1. The van der Waals surface area contributed by atoms with Crippen LogP contribution in [-0.4, -0.2) is 24.5 Å². The van der Waals surface area contributed by atoms with Crippen molar-refractivity contribution in [2.75, 3.05) is 18.4 Å². The molecule has 1 amide bonds. The average Bonchev–Trinajstić information content (AvgIpc) is 2.37. The Hall–Kier alpha value is -1.76. The fourth-order valence-corrected chi connectivity index (χ4v) is 2.52. The van der Waals surface area contributed by atoms with E-state index in [1.54, 1.807) is 0 Å². The number of carbonyl (C=O) groups excluding carboxylic acids is 1. The maximum Gasteiger partial charge on any atom is 0.417 e. The second-order valence-corrected chi connectivity index (χ2v) is 5.56. The van der Waals surface area contributed by atoms with Gasteiger partial charge in [0.25, 0.3) is 0 Å². The minimum Gasteiger partial charge on any atom is -0.380 e. The molecule has 21 heavy (non-hydrogen) atoms. The van der Waals surface area contributed by atoms with Crippen molar-refractivity contribution in [3.63, 3.8) is 0 Å². The van der Waals surface area contributed by atoms with Gasteiger partial charge in [-0.3, -0.25) is 4.79 Å². The topological polar surface area (TPSA) is 67.1 Å². The van der Waals surface area contributed by atoms with Crippen LogP contribution < -0.4 is 16.4 Å². The summed E-state index contributed by atoms with van der Waals surface area (Å²) in [6.07, 6.45) is -2.99. The summed E-state index contributed by atoms with van der Waals surface area (Å²) in [4.78, 5) is 11.1. The van der Waals surface area contributed by atoms with Gasteiger partial charge in [0.1, 0.15) is 0 Å². The maximum atomic E-state index is 13.0. The standard InChI is InChI=1S/C14H18F3N3O/c1-13(4-6-19-7-5-13)20-9-2-3-10(12(18)21)11(8-9)14(15,16)17/h2-3,8,19-20H,4-7H2,1H3,(H2,18,21). The van der Waals surface area contributed by atoms with Gasteiger partial charge in [-0.15, -0.1) is 0 Å². The van der Waals surface area contributed by atoms with E-state index in [4.69, 9.17) is 5.73 Å². The lowest BCUT2D eigenvalue weighted by atomic mass is 9.90. The Bertz CT molecular complexity index is 537. The highest BCUT2D eigenvalue weighted by molar-refractivity contribution is 5.95. The number of nitrogens with two attached hydrogens (primary N) is 1. The van der Waals surface area contributed by atoms with Crippen LogP contribution in [0.25, 0.3) is 0 Å².